The van der Waals surface area contributed by atoms with E-state index in [9.17, 15) is 0 Å². The Morgan fingerprint density at radius 3 is 2.94 bits per heavy atom. The zero-order valence-electron chi connectivity index (χ0n) is 8.64. The molecule has 0 atom stereocenters. The molecule has 0 saturated heterocycles. The molecule has 7 heteroatoms. The van der Waals surface area contributed by atoms with Gasteiger partial charge in [-0.3, -0.25) is 5.10 Å². The van der Waals surface area contributed by atoms with Crippen LogP contribution in [-0.2, 0) is 6.61 Å². The summed E-state index contributed by atoms with van der Waals surface area (Å²) in [5.74, 6) is 1.61. The molecule has 16 heavy (non-hydrogen) atoms. The summed E-state index contributed by atoms with van der Waals surface area (Å²) < 4.78 is 4.96. The number of hydrogen-bond donors (Lipinski definition) is 3. The molecule has 0 unspecified atom stereocenters. The SMILES string of the molecule is COc1cc(Nc2cc(CO)[nH]n2)ncn1. The minimum atomic E-state index is -0.0816. The molecule has 2 rings (SSSR count). The maximum Gasteiger partial charge on any atom is 0.218 e. The Bertz CT molecular complexity index is 470. The molecule has 0 aliphatic rings. The first-order valence-corrected chi connectivity index (χ1v) is 4.60. The number of methoxy groups -OCH3 is 1. The lowest BCUT2D eigenvalue weighted by Crippen LogP contribution is -1.96. The second-order valence-corrected chi connectivity index (χ2v) is 3.01. The molecule has 0 amide bonds. The summed E-state index contributed by atoms with van der Waals surface area (Å²) in [7, 11) is 1.53. The van der Waals surface area contributed by atoms with Gasteiger partial charge < -0.3 is 15.2 Å². The van der Waals surface area contributed by atoms with Gasteiger partial charge in [-0.1, -0.05) is 0 Å². The third-order valence-corrected chi connectivity index (χ3v) is 1.91. The number of nitrogens with one attached hydrogen (secondary N) is 2. The van der Waals surface area contributed by atoms with Gasteiger partial charge in [-0.2, -0.15) is 5.10 Å². The molecule has 0 bridgehead atoms. The first kappa shape index (κ1) is 10.4. The van der Waals surface area contributed by atoms with Gasteiger partial charge in [0.15, 0.2) is 5.82 Å². The second kappa shape index (κ2) is 4.58. The predicted molar refractivity (Wildman–Crippen MR) is 56.4 cm³/mol. The maximum absolute atomic E-state index is 8.85. The van der Waals surface area contributed by atoms with Crippen molar-refractivity contribution in [2.75, 3.05) is 12.4 Å². The van der Waals surface area contributed by atoms with Crippen LogP contribution >= 0.6 is 0 Å². The number of aromatic nitrogens is 4. The first-order chi connectivity index (χ1) is 7.81. The molecular weight excluding hydrogens is 210 g/mol. The van der Waals surface area contributed by atoms with Gasteiger partial charge in [0.05, 0.1) is 19.4 Å². The van der Waals surface area contributed by atoms with Crippen LogP contribution in [0.3, 0.4) is 0 Å². The zero-order chi connectivity index (χ0) is 11.4. The average Bonchev–Trinajstić information content (AvgIpc) is 2.77. The van der Waals surface area contributed by atoms with E-state index in [-0.39, 0.29) is 6.61 Å². The highest BCUT2D eigenvalue weighted by atomic mass is 16.5. The van der Waals surface area contributed by atoms with Gasteiger partial charge >= 0.3 is 0 Å². The number of hydrogen-bond acceptors (Lipinski definition) is 6. The van der Waals surface area contributed by atoms with Crippen molar-refractivity contribution in [2.45, 2.75) is 6.61 Å². The fraction of sp³-hybridized carbons (Fsp3) is 0.222. The van der Waals surface area contributed by atoms with E-state index >= 15 is 0 Å². The van der Waals surface area contributed by atoms with Crippen molar-refractivity contribution in [3.8, 4) is 5.88 Å². The normalized spacial score (nSPS) is 10.1. The third-order valence-electron chi connectivity index (χ3n) is 1.91. The molecule has 0 radical (unpaired) electrons. The number of aromatic amines is 1. The number of anilines is 2. The Hall–Kier alpha value is -2.15. The van der Waals surface area contributed by atoms with Crippen molar-refractivity contribution in [3.05, 3.63) is 24.2 Å². The van der Waals surface area contributed by atoms with Gasteiger partial charge in [0.2, 0.25) is 5.88 Å². The van der Waals surface area contributed by atoms with Gasteiger partial charge in [0, 0.05) is 12.1 Å². The maximum atomic E-state index is 8.85. The number of aliphatic hydroxyl groups excluding tert-OH is 1. The number of H-pyrrole nitrogens is 1. The van der Waals surface area contributed by atoms with Crippen molar-refractivity contribution in [2.24, 2.45) is 0 Å². The molecule has 0 aliphatic carbocycles. The summed E-state index contributed by atoms with van der Waals surface area (Å²) in [6, 6.07) is 3.34. The summed E-state index contributed by atoms with van der Waals surface area (Å²) in [5.41, 5.74) is 0.628. The molecule has 84 valence electrons. The first-order valence-electron chi connectivity index (χ1n) is 4.60. The van der Waals surface area contributed by atoms with E-state index in [1.165, 1.54) is 13.4 Å². The van der Waals surface area contributed by atoms with Crippen LogP contribution in [0.25, 0.3) is 0 Å². The molecule has 2 aromatic rings. The highest BCUT2D eigenvalue weighted by Crippen LogP contribution is 2.15. The van der Waals surface area contributed by atoms with Crippen molar-refractivity contribution >= 4 is 11.6 Å². The molecular formula is C9H11N5O2. The standard InChI is InChI=1S/C9H11N5O2/c1-16-9-3-7(10-5-11-9)12-8-2-6(4-15)13-14-8/h2-3,5,15H,4H2,1H3,(H2,10,11,12,13,14). The summed E-state index contributed by atoms with van der Waals surface area (Å²) >= 11 is 0. The number of aliphatic hydroxyl groups is 1. The molecule has 2 aromatic heterocycles. The van der Waals surface area contributed by atoms with E-state index in [2.05, 4.69) is 25.5 Å². The Morgan fingerprint density at radius 1 is 1.38 bits per heavy atom. The summed E-state index contributed by atoms with van der Waals surface area (Å²) in [4.78, 5) is 7.88. The van der Waals surface area contributed by atoms with Crippen molar-refractivity contribution in [1.82, 2.24) is 20.2 Å². The molecule has 0 aliphatic heterocycles. The highest BCUT2D eigenvalue weighted by Gasteiger charge is 2.02. The Balaban J connectivity index is 2.13. The topological polar surface area (TPSA) is 95.9 Å². The smallest absolute Gasteiger partial charge is 0.218 e. The highest BCUT2D eigenvalue weighted by molar-refractivity contribution is 5.52. The molecule has 0 spiro atoms. The molecule has 7 nitrogen and oxygen atoms in total. The van der Waals surface area contributed by atoms with Crippen LogP contribution in [0.5, 0.6) is 5.88 Å². The van der Waals surface area contributed by atoms with E-state index < -0.39 is 0 Å². The molecule has 3 N–H and O–H groups in total. The quantitative estimate of drug-likeness (QED) is 0.693. The van der Waals surface area contributed by atoms with E-state index in [0.29, 0.717) is 23.2 Å². The van der Waals surface area contributed by atoms with Crippen molar-refractivity contribution in [3.63, 3.8) is 0 Å². The van der Waals surface area contributed by atoms with Crippen LogP contribution in [0.15, 0.2) is 18.5 Å². The molecule has 0 saturated carbocycles. The van der Waals surface area contributed by atoms with Gasteiger partial charge in [-0.15, -0.1) is 0 Å². The van der Waals surface area contributed by atoms with E-state index in [1.807, 2.05) is 0 Å². The third kappa shape index (κ3) is 2.26. The largest absolute Gasteiger partial charge is 0.481 e. The number of ether oxygens (including phenoxy) is 1. The van der Waals surface area contributed by atoms with Crippen LogP contribution in [-0.4, -0.2) is 32.4 Å². The van der Waals surface area contributed by atoms with Crippen LogP contribution < -0.4 is 10.1 Å². The average molecular weight is 221 g/mol. The van der Waals surface area contributed by atoms with Crippen LogP contribution in [0.4, 0.5) is 11.6 Å². The molecule has 0 fully saturated rings. The Labute approximate surface area is 91.5 Å². The fourth-order valence-electron chi connectivity index (χ4n) is 1.16. The lowest BCUT2D eigenvalue weighted by Gasteiger charge is -2.02. The molecule has 0 aromatic carbocycles. The van der Waals surface area contributed by atoms with Gasteiger partial charge in [0.1, 0.15) is 12.1 Å². The second-order valence-electron chi connectivity index (χ2n) is 3.01. The van der Waals surface area contributed by atoms with E-state index in [1.54, 1.807) is 12.1 Å². The summed E-state index contributed by atoms with van der Waals surface area (Å²) in [6.07, 6.45) is 1.39. The fourth-order valence-corrected chi connectivity index (χ4v) is 1.16. The van der Waals surface area contributed by atoms with Crippen LogP contribution in [0, 0.1) is 0 Å². The van der Waals surface area contributed by atoms with Gasteiger partial charge in [-0.25, -0.2) is 9.97 Å². The van der Waals surface area contributed by atoms with Crippen molar-refractivity contribution < 1.29 is 9.84 Å². The Kier molecular flexibility index (Phi) is 2.97. The minimum absolute atomic E-state index is 0.0816. The summed E-state index contributed by atoms with van der Waals surface area (Å²) in [5, 5.41) is 18.4. The van der Waals surface area contributed by atoms with Gasteiger partial charge in [-0.05, 0) is 0 Å². The zero-order valence-corrected chi connectivity index (χ0v) is 8.64. The summed E-state index contributed by atoms with van der Waals surface area (Å²) in [6.45, 7) is -0.0816. The minimum Gasteiger partial charge on any atom is -0.481 e. The number of nitrogens with zero attached hydrogens (tertiary/aromatic N) is 3. The monoisotopic (exact) mass is 221 g/mol. The van der Waals surface area contributed by atoms with Crippen molar-refractivity contribution in [1.29, 1.82) is 0 Å². The molecule has 2 heterocycles. The van der Waals surface area contributed by atoms with Crippen LogP contribution in [0.2, 0.25) is 0 Å². The van der Waals surface area contributed by atoms with Crippen LogP contribution in [0.1, 0.15) is 5.69 Å². The Morgan fingerprint density at radius 2 is 2.25 bits per heavy atom. The predicted octanol–water partition coefficient (Wildman–Crippen LogP) is 0.444. The lowest BCUT2D eigenvalue weighted by molar-refractivity contribution is 0.276. The lowest BCUT2D eigenvalue weighted by atomic mass is 10.4. The van der Waals surface area contributed by atoms with E-state index in [0.717, 1.165) is 0 Å². The van der Waals surface area contributed by atoms with Gasteiger partial charge in [0.25, 0.3) is 0 Å². The number of rotatable bonds is 4. The van der Waals surface area contributed by atoms with E-state index in [4.69, 9.17) is 9.84 Å².